The van der Waals surface area contributed by atoms with Gasteiger partial charge in [-0.1, -0.05) is 13.2 Å². The molecule has 0 aliphatic carbocycles. The summed E-state index contributed by atoms with van der Waals surface area (Å²) >= 11 is 0. The van der Waals surface area contributed by atoms with Gasteiger partial charge in [-0.25, -0.2) is 9.79 Å². The number of morpholine rings is 1. The molecule has 0 radical (unpaired) electrons. The quantitative estimate of drug-likeness (QED) is 0.231. The highest BCUT2D eigenvalue weighted by molar-refractivity contribution is 6.38. The van der Waals surface area contributed by atoms with Crippen molar-refractivity contribution in [3.8, 4) is 0 Å². The van der Waals surface area contributed by atoms with E-state index in [4.69, 9.17) is 4.74 Å². The average molecular weight is 292 g/mol. The minimum atomic E-state index is -0.879. The van der Waals surface area contributed by atoms with Crippen molar-refractivity contribution in [2.24, 2.45) is 4.99 Å². The van der Waals surface area contributed by atoms with Gasteiger partial charge in [0.15, 0.2) is 0 Å². The second-order valence-corrected chi connectivity index (χ2v) is 4.27. The fourth-order valence-electron chi connectivity index (χ4n) is 1.56. The first-order valence-electron chi connectivity index (χ1n) is 6.68. The van der Waals surface area contributed by atoms with Gasteiger partial charge in [0.1, 0.15) is 5.82 Å². The lowest BCUT2D eigenvalue weighted by molar-refractivity contribution is -0.151. The molecule has 0 saturated carbocycles. The Kier molecular flexibility index (Phi) is 7.11. The van der Waals surface area contributed by atoms with Gasteiger partial charge in [-0.3, -0.25) is 4.79 Å². The number of ketones is 1. The summed E-state index contributed by atoms with van der Waals surface area (Å²) in [5.41, 5.74) is 0.488. The lowest BCUT2D eigenvalue weighted by atomic mass is 10.2. The Morgan fingerprint density at radius 2 is 1.95 bits per heavy atom. The number of carbonyl (C=O) groups is 2. The zero-order chi connectivity index (χ0) is 15.7. The number of ether oxygens (including phenoxy) is 2. The maximum Gasteiger partial charge on any atom is 0.379 e. The van der Waals surface area contributed by atoms with Crippen molar-refractivity contribution in [3.05, 3.63) is 36.7 Å². The van der Waals surface area contributed by atoms with Crippen molar-refractivity contribution in [2.45, 2.75) is 6.92 Å². The van der Waals surface area contributed by atoms with Gasteiger partial charge in [-0.05, 0) is 24.6 Å². The fourth-order valence-corrected chi connectivity index (χ4v) is 1.56. The third kappa shape index (κ3) is 6.18. The van der Waals surface area contributed by atoms with Crippen LogP contribution in [0.1, 0.15) is 6.92 Å². The van der Waals surface area contributed by atoms with Crippen LogP contribution in [-0.4, -0.2) is 55.8 Å². The highest BCUT2D eigenvalue weighted by atomic mass is 16.5. The molecule has 6 nitrogen and oxygen atoms in total. The van der Waals surface area contributed by atoms with Crippen molar-refractivity contribution >= 4 is 18.0 Å². The van der Waals surface area contributed by atoms with E-state index in [1.165, 1.54) is 12.3 Å². The van der Waals surface area contributed by atoms with Crippen LogP contribution < -0.4 is 0 Å². The molecule has 21 heavy (non-hydrogen) atoms. The van der Waals surface area contributed by atoms with Crippen molar-refractivity contribution in [1.82, 2.24) is 4.90 Å². The second kappa shape index (κ2) is 8.86. The molecule has 0 N–H and O–H groups in total. The summed E-state index contributed by atoms with van der Waals surface area (Å²) in [7, 11) is 0. The zero-order valence-electron chi connectivity index (χ0n) is 12.2. The molecule has 0 bridgehead atoms. The van der Waals surface area contributed by atoms with E-state index in [0.717, 1.165) is 19.2 Å². The molecule has 0 aromatic rings. The van der Waals surface area contributed by atoms with Crippen LogP contribution in [0, 0.1) is 0 Å². The first-order valence-corrected chi connectivity index (χ1v) is 6.68. The SMILES string of the molecule is C=C(/C=N\C(=C)N1CCOCC1)/C=C/C(=O)C(=O)OCC. The van der Waals surface area contributed by atoms with E-state index in [2.05, 4.69) is 22.9 Å². The molecule has 114 valence electrons. The number of hydrogen-bond donors (Lipinski definition) is 0. The molecule has 0 amide bonds. The number of aliphatic imine (C=N–C) groups is 1. The Balaban J connectivity index is 2.45. The van der Waals surface area contributed by atoms with Crippen LogP contribution in [0.15, 0.2) is 41.7 Å². The zero-order valence-corrected chi connectivity index (χ0v) is 12.2. The van der Waals surface area contributed by atoms with Gasteiger partial charge in [0.05, 0.1) is 19.8 Å². The number of carbonyl (C=O) groups excluding carboxylic acids is 2. The molecule has 1 rings (SSSR count). The Morgan fingerprint density at radius 1 is 1.29 bits per heavy atom. The molecule has 0 spiro atoms. The molecule has 1 heterocycles. The summed E-state index contributed by atoms with van der Waals surface area (Å²) in [6.07, 6.45) is 4.02. The summed E-state index contributed by atoms with van der Waals surface area (Å²) in [6, 6.07) is 0. The minimum Gasteiger partial charge on any atom is -0.460 e. The average Bonchev–Trinajstić information content (AvgIpc) is 2.51. The summed E-state index contributed by atoms with van der Waals surface area (Å²) in [6.45, 7) is 12.2. The smallest absolute Gasteiger partial charge is 0.379 e. The molecular weight excluding hydrogens is 272 g/mol. The van der Waals surface area contributed by atoms with Gasteiger partial charge >= 0.3 is 5.97 Å². The van der Waals surface area contributed by atoms with E-state index in [1.54, 1.807) is 6.92 Å². The van der Waals surface area contributed by atoms with Gasteiger partial charge in [0.25, 0.3) is 5.78 Å². The lowest BCUT2D eigenvalue weighted by Gasteiger charge is -2.28. The number of rotatable bonds is 7. The molecule has 1 fully saturated rings. The Hall–Kier alpha value is -2.21. The third-order valence-electron chi connectivity index (χ3n) is 2.68. The first-order chi connectivity index (χ1) is 10.0. The van der Waals surface area contributed by atoms with E-state index in [-0.39, 0.29) is 6.61 Å². The number of esters is 1. The van der Waals surface area contributed by atoms with Gasteiger partial charge in [0, 0.05) is 19.3 Å². The molecular formula is C15H20N2O4. The number of nitrogens with zero attached hydrogens (tertiary/aromatic N) is 2. The van der Waals surface area contributed by atoms with Crippen LogP contribution in [0.2, 0.25) is 0 Å². The van der Waals surface area contributed by atoms with Gasteiger partial charge in [-0.2, -0.15) is 0 Å². The van der Waals surface area contributed by atoms with Crippen molar-refractivity contribution < 1.29 is 19.1 Å². The van der Waals surface area contributed by atoms with Gasteiger partial charge < -0.3 is 14.4 Å². The summed E-state index contributed by atoms with van der Waals surface area (Å²) in [5.74, 6) is -0.987. The Labute approximate surface area is 124 Å². The molecule has 0 atom stereocenters. The Bertz CT molecular complexity index is 474. The maximum absolute atomic E-state index is 11.3. The van der Waals surface area contributed by atoms with E-state index in [0.29, 0.717) is 24.6 Å². The maximum atomic E-state index is 11.3. The standard InChI is InChI=1S/C15H20N2O4/c1-4-21-15(19)14(18)6-5-12(2)11-16-13(3)17-7-9-20-10-8-17/h5-6,11H,2-4,7-10H2,1H3/b6-5+,16-11-. The fraction of sp³-hybridized carbons (Fsp3) is 0.400. The summed E-state index contributed by atoms with van der Waals surface area (Å²) in [5, 5.41) is 0. The second-order valence-electron chi connectivity index (χ2n) is 4.27. The third-order valence-corrected chi connectivity index (χ3v) is 2.68. The molecule has 0 aromatic carbocycles. The van der Waals surface area contributed by atoms with E-state index in [9.17, 15) is 9.59 Å². The topological polar surface area (TPSA) is 68.2 Å². The summed E-state index contributed by atoms with van der Waals surface area (Å²) < 4.78 is 9.82. The van der Waals surface area contributed by atoms with Crippen LogP contribution in [0.4, 0.5) is 0 Å². The molecule has 0 unspecified atom stereocenters. The van der Waals surface area contributed by atoms with E-state index < -0.39 is 11.8 Å². The van der Waals surface area contributed by atoms with Gasteiger partial charge in [-0.15, -0.1) is 0 Å². The predicted molar refractivity (Wildman–Crippen MR) is 79.9 cm³/mol. The van der Waals surface area contributed by atoms with Crippen LogP contribution >= 0.6 is 0 Å². The van der Waals surface area contributed by atoms with Crippen LogP contribution in [0.3, 0.4) is 0 Å². The highest BCUT2D eigenvalue weighted by Crippen LogP contribution is 2.06. The van der Waals surface area contributed by atoms with Crippen molar-refractivity contribution in [3.63, 3.8) is 0 Å². The minimum absolute atomic E-state index is 0.167. The molecule has 0 aromatic heterocycles. The molecule has 1 aliphatic rings. The summed E-state index contributed by atoms with van der Waals surface area (Å²) in [4.78, 5) is 28.6. The van der Waals surface area contributed by atoms with E-state index >= 15 is 0 Å². The lowest BCUT2D eigenvalue weighted by Crippen LogP contribution is -2.34. The number of hydrogen-bond acceptors (Lipinski definition) is 6. The van der Waals surface area contributed by atoms with Crippen LogP contribution in [0.5, 0.6) is 0 Å². The van der Waals surface area contributed by atoms with Crippen molar-refractivity contribution in [2.75, 3.05) is 32.9 Å². The van der Waals surface area contributed by atoms with Crippen LogP contribution in [-0.2, 0) is 19.1 Å². The monoisotopic (exact) mass is 292 g/mol. The molecule has 1 saturated heterocycles. The molecule has 1 aliphatic heterocycles. The highest BCUT2D eigenvalue weighted by Gasteiger charge is 2.11. The normalized spacial score (nSPS) is 15.4. The van der Waals surface area contributed by atoms with Crippen molar-refractivity contribution in [1.29, 1.82) is 0 Å². The van der Waals surface area contributed by atoms with Gasteiger partial charge in [0.2, 0.25) is 0 Å². The Morgan fingerprint density at radius 3 is 2.57 bits per heavy atom. The molecule has 6 heteroatoms. The predicted octanol–water partition coefficient (Wildman–Crippen LogP) is 1.11. The number of allylic oxidation sites excluding steroid dienone is 2. The largest absolute Gasteiger partial charge is 0.460 e. The van der Waals surface area contributed by atoms with E-state index in [1.807, 2.05) is 4.90 Å². The first kappa shape index (κ1) is 16.8. The van der Waals surface area contributed by atoms with Crippen LogP contribution in [0.25, 0.3) is 0 Å².